The highest BCUT2D eigenvalue weighted by atomic mass is 35.5. The Balaban J connectivity index is 2.14. The fourth-order valence-electron chi connectivity index (χ4n) is 2.33. The number of rotatable bonds is 4. The first-order chi connectivity index (χ1) is 10.0. The number of carbonyl (C=O) groups is 1. The number of benzene rings is 1. The van der Waals surface area contributed by atoms with Crippen molar-refractivity contribution in [2.24, 2.45) is 0 Å². The smallest absolute Gasteiger partial charge is 0.294 e. The lowest BCUT2D eigenvalue weighted by molar-refractivity contribution is -0.384. The van der Waals surface area contributed by atoms with E-state index in [-0.39, 0.29) is 28.8 Å². The molecule has 0 atom stereocenters. The van der Waals surface area contributed by atoms with Crippen LogP contribution in [0.4, 0.5) is 11.4 Å². The van der Waals surface area contributed by atoms with Crippen molar-refractivity contribution in [3.63, 3.8) is 0 Å². The van der Waals surface area contributed by atoms with Crippen molar-refractivity contribution in [3.05, 3.63) is 33.3 Å². The second-order valence-corrected chi connectivity index (χ2v) is 5.26. The van der Waals surface area contributed by atoms with E-state index in [1.165, 1.54) is 17.0 Å². The van der Waals surface area contributed by atoms with Gasteiger partial charge in [0.15, 0.2) is 0 Å². The van der Waals surface area contributed by atoms with E-state index in [0.29, 0.717) is 13.1 Å². The maximum absolute atomic E-state index is 12.2. The lowest BCUT2D eigenvalue weighted by Gasteiger charge is -2.29. The van der Waals surface area contributed by atoms with Gasteiger partial charge in [0.25, 0.3) is 5.69 Å². The molecule has 8 heteroatoms. The molecule has 1 fully saturated rings. The van der Waals surface area contributed by atoms with Crippen LogP contribution in [0.3, 0.4) is 0 Å². The van der Waals surface area contributed by atoms with Crippen LogP contribution in [0, 0.1) is 10.1 Å². The topological polar surface area (TPSA) is 78.7 Å². The number of likely N-dealkylation sites (N-methyl/N-ethyl adjacent to an activating group) is 1. The lowest BCUT2D eigenvalue weighted by atomic mass is 10.2. The Bertz CT molecular complexity index is 546. The van der Waals surface area contributed by atoms with Gasteiger partial charge < -0.3 is 15.1 Å². The van der Waals surface area contributed by atoms with Gasteiger partial charge in [0.05, 0.1) is 16.5 Å². The standard InChI is InChI=1S/C13H17ClN4O3/c1-16(9-12(19)17-7-5-15-6-8-17)13-10(14)3-2-4-11(13)18(20)21/h2-4,15H,5-9H2,1H3. The van der Waals surface area contributed by atoms with Crippen LogP contribution < -0.4 is 10.2 Å². The van der Waals surface area contributed by atoms with Gasteiger partial charge in [-0.15, -0.1) is 0 Å². The van der Waals surface area contributed by atoms with Gasteiger partial charge >= 0.3 is 0 Å². The first-order valence-electron chi connectivity index (χ1n) is 6.63. The van der Waals surface area contributed by atoms with Crippen LogP contribution >= 0.6 is 11.6 Å². The molecule has 0 aromatic heterocycles. The molecule has 1 aromatic carbocycles. The van der Waals surface area contributed by atoms with Crippen molar-refractivity contribution in [3.8, 4) is 0 Å². The summed E-state index contributed by atoms with van der Waals surface area (Å²) in [6.45, 7) is 2.89. The van der Waals surface area contributed by atoms with Gasteiger partial charge in [-0.05, 0) is 6.07 Å². The number of para-hydroxylation sites is 1. The fourth-order valence-corrected chi connectivity index (χ4v) is 2.64. The number of piperazine rings is 1. The van der Waals surface area contributed by atoms with Crippen molar-refractivity contribution >= 4 is 28.9 Å². The maximum atomic E-state index is 12.2. The third-order valence-electron chi connectivity index (χ3n) is 3.39. The highest BCUT2D eigenvalue weighted by molar-refractivity contribution is 6.33. The molecular weight excluding hydrogens is 296 g/mol. The molecule has 0 saturated carbocycles. The van der Waals surface area contributed by atoms with Crippen LogP contribution in [0.15, 0.2) is 18.2 Å². The molecule has 1 aliphatic heterocycles. The minimum Gasteiger partial charge on any atom is -0.359 e. The maximum Gasteiger partial charge on any atom is 0.294 e. The molecule has 21 heavy (non-hydrogen) atoms. The molecule has 1 N–H and O–H groups in total. The van der Waals surface area contributed by atoms with E-state index in [2.05, 4.69) is 5.32 Å². The summed E-state index contributed by atoms with van der Waals surface area (Å²) in [7, 11) is 1.63. The van der Waals surface area contributed by atoms with Gasteiger partial charge in [-0.25, -0.2) is 0 Å². The Morgan fingerprint density at radius 2 is 2.14 bits per heavy atom. The predicted octanol–water partition coefficient (Wildman–Crippen LogP) is 1.12. The van der Waals surface area contributed by atoms with Gasteiger partial charge in [-0.1, -0.05) is 17.7 Å². The second kappa shape index (κ2) is 6.73. The zero-order valence-corrected chi connectivity index (χ0v) is 12.5. The summed E-state index contributed by atoms with van der Waals surface area (Å²) in [4.78, 5) is 26.1. The zero-order chi connectivity index (χ0) is 15.4. The number of hydrogen-bond acceptors (Lipinski definition) is 5. The number of carbonyl (C=O) groups excluding carboxylic acids is 1. The number of nitro benzene ring substituents is 1. The minimum atomic E-state index is -0.493. The Morgan fingerprint density at radius 1 is 1.48 bits per heavy atom. The zero-order valence-electron chi connectivity index (χ0n) is 11.7. The van der Waals surface area contributed by atoms with Gasteiger partial charge in [-0.3, -0.25) is 14.9 Å². The van der Waals surface area contributed by atoms with E-state index in [9.17, 15) is 14.9 Å². The number of nitrogens with zero attached hydrogens (tertiary/aromatic N) is 3. The quantitative estimate of drug-likeness (QED) is 0.665. The number of hydrogen-bond donors (Lipinski definition) is 1. The number of nitro groups is 1. The van der Waals surface area contributed by atoms with Crippen molar-refractivity contribution in [1.82, 2.24) is 10.2 Å². The summed E-state index contributed by atoms with van der Waals surface area (Å²) in [5.41, 5.74) is 0.172. The Kier molecular flexibility index (Phi) is 4.98. The molecule has 1 heterocycles. The van der Waals surface area contributed by atoms with E-state index >= 15 is 0 Å². The third-order valence-corrected chi connectivity index (χ3v) is 3.69. The highest BCUT2D eigenvalue weighted by Gasteiger charge is 2.24. The minimum absolute atomic E-state index is 0.0601. The van der Waals surface area contributed by atoms with Crippen LogP contribution in [0.25, 0.3) is 0 Å². The van der Waals surface area contributed by atoms with Crippen molar-refractivity contribution < 1.29 is 9.72 Å². The Morgan fingerprint density at radius 3 is 2.76 bits per heavy atom. The molecule has 0 bridgehead atoms. The van der Waals surface area contributed by atoms with Crippen molar-refractivity contribution in [1.29, 1.82) is 0 Å². The van der Waals surface area contributed by atoms with E-state index in [1.807, 2.05) is 0 Å². The van der Waals surface area contributed by atoms with Crippen LogP contribution in [-0.2, 0) is 4.79 Å². The summed E-state index contributed by atoms with van der Waals surface area (Å²) < 4.78 is 0. The normalized spacial score (nSPS) is 14.9. The first kappa shape index (κ1) is 15.5. The summed E-state index contributed by atoms with van der Waals surface area (Å²) >= 11 is 6.06. The van der Waals surface area contributed by atoms with Crippen molar-refractivity contribution in [2.45, 2.75) is 0 Å². The predicted molar refractivity (Wildman–Crippen MR) is 80.8 cm³/mol. The van der Waals surface area contributed by atoms with E-state index in [1.54, 1.807) is 18.0 Å². The van der Waals surface area contributed by atoms with Crippen molar-refractivity contribution in [2.75, 3.05) is 44.7 Å². The largest absolute Gasteiger partial charge is 0.359 e. The molecular formula is C13H17ClN4O3. The molecule has 1 amide bonds. The third kappa shape index (κ3) is 3.62. The molecule has 2 rings (SSSR count). The lowest BCUT2D eigenvalue weighted by Crippen LogP contribution is -2.49. The van der Waals surface area contributed by atoms with E-state index in [0.717, 1.165) is 13.1 Å². The molecule has 1 aromatic rings. The number of nitrogens with one attached hydrogen (secondary N) is 1. The summed E-state index contributed by atoms with van der Waals surface area (Å²) in [5.74, 6) is -0.0618. The average Bonchev–Trinajstić information content (AvgIpc) is 2.47. The van der Waals surface area contributed by atoms with E-state index in [4.69, 9.17) is 11.6 Å². The monoisotopic (exact) mass is 312 g/mol. The van der Waals surface area contributed by atoms with Gasteiger partial charge in [0.1, 0.15) is 5.69 Å². The van der Waals surface area contributed by atoms with Gasteiger partial charge in [-0.2, -0.15) is 0 Å². The summed E-state index contributed by atoms with van der Waals surface area (Å²) in [5, 5.41) is 14.5. The first-order valence-corrected chi connectivity index (χ1v) is 7.01. The van der Waals surface area contributed by atoms with Crippen LogP contribution in [0.5, 0.6) is 0 Å². The molecule has 7 nitrogen and oxygen atoms in total. The van der Waals surface area contributed by atoms with Crippen LogP contribution in [0.2, 0.25) is 5.02 Å². The molecule has 0 radical (unpaired) electrons. The second-order valence-electron chi connectivity index (χ2n) is 4.85. The number of halogens is 1. The highest BCUT2D eigenvalue weighted by Crippen LogP contribution is 2.34. The number of anilines is 1. The van der Waals surface area contributed by atoms with Gasteiger partial charge in [0, 0.05) is 39.3 Å². The molecule has 114 valence electrons. The molecule has 0 spiro atoms. The Hall–Kier alpha value is -1.86. The Labute approximate surface area is 127 Å². The summed E-state index contributed by atoms with van der Waals surface area (Å²) in [6.07, 6.45) is 0. The molecule has 0 aliphatic carbocycles. The average molecular weight is 313 g/mol. The van der Waals surface area contributed by atoms with E-state index < -0.39 is 4.92 Å². The fraction of sp³-hybridized carbons (Fsp3) is 0.462. The molecule has 1 aliphatic rings. The van der Waals surface area contributed by atoms with Gasteiger partial charge in [0.2, 0.25) is 5.91 Å². The number of amides is 1. The van der Waals surface area contributed by atoms with Crippen LogP contribution in [0.1, 0.15) is 0 Å². The molecule has 1 saturated heterocycles. The SMILES string of the molecule is CN(CC(=O)N1CCNCC1)c1c(Cl)cccc1[N+](=O)[O-]. The van der Waals surface area contributed by atoms with Crippen LogP contribution in [-0.4, -0.2) is 55.5 Å². The summed E-state index contributed by atoms with van der Waals surface area (Å²) in [6, 6.07) is 4.48. The molecule has 0 unspecified atom stereocenters.